The number of benzene rings is 1. The molecule has 0 saturated heterocycles. The molecule has 77 valence electrons. The van der Waals surface area contributed by atoms with Crippen molar-refractivity contribution in [2.24, 2.45) is 0 Å². The number of thioether (sulfide) groups is 1. The predicted molar refractivity (Wildman–Crippen MR) is 59.5 cm³/mol. The first-order valence-electron chi connectivity index (χ1n) is 4.65. The zero-order valence-electron chi connectivity index (χ0n) is 8.36. The minimum atomic E-state index is 0.113. The molecule has 1 aromatic carbocycles. The number of nitrogens with zero attached hydrogens (tertiary/aromatic N) is 1. The lowest BCUT2D eigenvalue weighted by Gasteiger charge is -2.04. The monoisotopic (exact) mass is 219 g/mol. The van der Waals surface area contributed by atoms with E-state index in [-0.39, 0.29) is 5.75 Å². The molecule has 1 aromatic heterocycles. The molecule has 4 heteroatoms. The van der Waals surface area contributed by atoms with Gasteiger partial charge >= 0.3 is 0 Å². The molecule has 0 atom stereocenters. The number of hydrogen-bond donors (Lipinski definition) is 1. The number of nitrogens with one attached hydrogen (secondary N) is 1. The van der Waals surface area contributed by atoms with E-state index in [9.17, 15) is 5.11 Å². The minimum Gasteiger partial charge on any atom is -0.290 e. The second kappa shape index (κ2) is 4.40. The van der Waals surface area contributed by atoms with E-state index in [1.54, 1.807) is 30.1 Å². The van der Waals surface area contributed by atoms with Crippen LogP contribution in [-0.4, -0.2) is 10.2 Å². The number of H-pyrrole nitrogens is 1. The van der Waals surface area contributed by atoms with E-state index >= 15 is 0 Å². The molecule has 0 unspecified atom stereocenters. The molecule has 2 rings (SSSR count). The minimum absolute atomic E-state index is 0.113. The van der Waals surface area contributed by atoms with Crippen molar-refractivity contribution >= 4 is 11.8 Å². The number of hydrogen-bond acceptors (Lipinski definition) is 2. The Kier molecular flexibility index (Phi) is 2.97. The standard InChI is InChI=1S/C11H11N2OS/c1-8-3-2-4-10(14)9(8)7-15-11-5-6-12-13-11/h2-6H,7H2,1H3,(H,12,13). The Hall–Kier alpha value is -1.42. The van der Waals surface area contributed by atoms with E-state index in [2.05, 4.69) is 10.2 Å². The Morgan fingerprint density at radius 1 is 1.40 bits per heavy atom. The third-order valence-electron chi connectivity index (χ3n) is 2.21. The van der Waals surface area contributed by atoms with Gasteiger partial charge in [-0.25, -0.2) is 0 Å². The second-order valence-electron chi connectivity index (χ2n) is 3.26. The third-order valence-corrected chi connectivity index (χ3v) is 3.19. The van der Waals surface area contributed by atoms with Crippen LogP contribution in [0.4, 0.5) is 0 Å². The largest absolute Gasteiger partial charge is 0.290 e. The van der Waals surface area contributed by atoms with Gasteiger partial charge in [0.05, 0.1) is 5.03 Å². The van der Waals surface area contributed by atoms with Gasteiger partial charge in [0.1, 0.15) is 0 Å². The normalized spacial score (nSPS) is 10.5. The number of aryl methyl sites for hydroxylation is 1. The quantitative estimate of drug-likeness (QED) is 0.806. The molecule has 0 amide bonds. The smallest absolute Gasteiger partial charge is 0.182 e. The maximum Gasteiger partial charge on any atom is 0.182 e. The first-order chi connectivity index (χ1) is 7.27. The van der Waals surface area contributed by atoms with Gasteiger partial charge in [-0.2, -0.15) is 5.10 Å². The van der Waals surface area contributed by atoms with E-state index in [4.69, 9.17) is 0 Å². The zero-order chi connectivity index (χ0) is 10.7. The zero-order valence-corrected chi connectivity index (χ0v) is 9.17. The van der Waals surface area contributed by atoms with Crippen molar-refractivity contribution in [3.63, 3.8) is 0 Å². The van der Waals surface area contributed by atoms with E-state index in [0.29, 0.717) is 5.75 Å². The Morgan fingerprint density at radius 3 is 2.93 bits per heavy atom. The van der Waals surface area contributed by atoms with Crippen molar-refractivity contribution in [2.45, 2.75) is 17.7 Å². The van der Waals surface area contributed by atoms with Crippen LogP contribution in [0.25, 0.3) is 0 Å². The summed E-state index contributed by atoms with van der Waals surface area (Å²) in [5.74, 6) is 0.801. The first kappa shape index (κ1) is 10.1. The van der Waals surface area contributed by atoms with Crippen LogP contribution in [0.5, 0.6) is 5.75 Å². The van der Waals surface area contributed by atoms with Crippen LogP contribution in [0.15, 0.2) is 35.5 Å². The molecule has 0 aliphatic carbocycles. The molecule has 0 aliphatic heterocycles. The summed E-state index contributed by atoms with van der Waals surface area (Å²) in [5.41, 5.74) is 1.92. The average Bonchev–Trinajstić information content (AvgIpc) is 2.70. The summed E-state index contributed by atoms with van der Waals surface area (Å²) in [5, 5.41) is 19.3. The predicted octanol–water partition coefficient (Wildman–Crippen LogP) is 3.15. The summed E-state index contributed by atoms with van der Waals surface area (Å²) in [6.45, 7) is 1.96. The van der Waals surface area contributed by atoms with E-state index in [0.717, 1.165) is 16.2 Å². The highest BCUT2D eigenvalue weighted by atomic mass is 32.2. The summed E-state index contributed by atoms with van der Waals surface area (Å²) in [4.78, 5) is 0. The highest BCUT2D eigenvalue weighted by Crippen LogP contribution is 2.28. The molecule has 0 fully saturated rings. The van der Waals surface area contributed by atoms with Crippen molar-refractivity contribution in [1.29, 1.82) is 0 Å². The Morgan fingerprint density at radius 2 is 2.27 bits per heavy atom. The third kappa shape index (κ3) is 2.33. The van der Waals surface area contributed by atoms with Crippen molar-refractivity contribution in [2.75, 3.05) is 0 Å². The maximum absolute atomic E-state index is 11.6. The second-order valence-corrected chi connectivity index (χ2v) is 4.28. The van der Waals surface area contributed by atoms with Gasteiger partial charge in [0.2, 0.25) is 0 Å². The Balaban J connectivity index is 2.11. The molecule has 0 saturated carbocycles. The fourth-order valence-electron chi connectivity index (χ4n) is 1.33. The Labute approximate surface area is 92.5 Å². The molecule has 0 aliphatic rings. The van der Waals surface area contributed by atoms with Crippen molar-refractivity contribution in [3.05, 3.63) is 41.6 Å². The van der Waals surface area contributed by atoms with Crippen LogP contribution < -0.4 is 0 Å². The topological polar surface area (TPSA) is 48.6 Å². The summed E-state index contributed by atoms with van der Waals surface area (Å²) in [7, 11) is 0. The van der Waals surface area contributed by atoms with Gasteiger partial charge in [0.25, 0.3) is 0 Å². The molecule has 1 heterocycles. The summed E-state index contributed by atoms with van der Waals surface area (Å²) >= 11 is 1.59. The van der Waals surface area contributed by atoms with Gasteiger partial charge in [0.15, 0.2) is 5.75 Å². The molecule has 1 N–H and O–H groups in total. The van der Waals surface area contributed by atoms with Gasteiger partial charge in [-0.3, -0.25) is 10.2 Å². The van der Waals surface area contributed by atoms with Crippen LogP contribution >= 0.6 is 11.8 Å². The van der Waals surface area contributed by atoms with E-state index in [1.807, 2.05) is 19.1 Å². The highest BCUT2D eigenvalue weighted by molar-refractivity contribution is 7.98. The molecule has 3 nitrogen and oxygen atoms in total. The van der Waals surface area contributed by atoms with Gasteiger partial charge < -0.3 is 0 Å². The van der Waals surface area contributed by atoms with Crippen molar-refractivity contribution in [1.82, 2.24) is 10.2 Å². The maximum atomic E-state index is 11.6. The van der Waals surface area contributed by atoms with Crippen molar-refractivity contribution in [3.8, 4) is 5.75 Å². The average molecular weight is 219 g/mol. The fourth-order valence-corrected chi connectivity index (χ4v) is 2.28. The van der Waals surface area contributed by atoms with Crippen LogP contribution in [0.2, 0.25) is 0 Å². The van der Waals surface area contributed by atoms with Crippen LogP contribution in [0.1, 0.15) is 11.1 Å². The summed E-state index contributed by atoms with van der Waals surface area (Å²) in [6, 6.07) is 7.26. The number of aromatic amines is 1. The molecular formula is C11H11N2OS. The SMILES string of the molecule is Cc1cccc([O])c1CSc1ccn[nH]1. The number of aromatic nitrogens is 2. The van der Waals surface area contributed by atoms with Crippen LogP contribution in [-0.2, 0) is 10.9 Å². The Bertz CT molecular complexity index is 420. The molecule has 1 radical (unpaired) electrons. The lowest BCUT2D eigenvalue weighted by molar-refractivity contribution is 0.351. The summed E-state index contributed by atoms with van der Waals surface area (Å²) < 4.78 is 0. The molecular weight excluding hydrogens is 208 g/mol. The van der Waals surface area contributed by atoms with Gasteiger partial charge in [-0.15, -0.1) is 11.8 Å². The fraction of sp³-hybridized carbons (Fsp3) is 0.182. The lowest BCUT2D eigenvalue weighted by Crippen LogP contribution is -1.86. The lowest BCUT2D eigenvalue weighted by atomic mass is 10.1. The molecule has 2 aromatic rings. The van der Waals surface area contributed by atoms with Gasteiger partial charge in [-0.1, -0.05) is 12.1 Å². The first-order valence-corrected chi connectivity index (χ1v) is 5.63. The van der Waals surface area contributed by atoms with Gasteiger partial charge in [0, 0.05) is 17.5 Å². The summed E-state index contributed by atoms with van der Waals surface area (Å²) in [6.07, 6.45) is 1.71. The van der Waals surface area contributed by atoms with Crippen LogP contribution in [0.3, 0.4) is 0 Å². The van der Waals surface area contributed by atoms with E-state index < -0.39 is 0 Å². The highest BCUT2D eigenvalue weighted by Gasteiger charge is 2.06. The van der Waals surface area contributed by atoms with Gasteiger partial charge in [-0.05, 0) is 24.6 Å². The molecule has 15 heavy (non-hydrogen) atoms. The molecule has 0 spiro atoms. The number of rotatable bonds is 3. The molecule has 0 bridgehead atoms. The van der Waals surface area contributed by atoms with Crippen LogP contribution in [0, 0.1) is 6.92 Å². The van der Waals surface area contributed by atoms with Crippen molar-refractivity contribution < 1.29 is 5.11 Å². The van der Waals surface area contributed by atoms with E-state index in [1.165, 1.54) is 0 Å².